The number of nitrogens with one attached hydrogen (secondary N) is 1. The van der Waals surface area contributed by atoms with Gasteiger partial charge in [0.15, 0.2) is 23.9 Å². The summed E-state index contributed by atoms with van der Waals surface area (Å²) in [5.74, 6) is 1.75. The first-order chi connectivity index (χ1) is 13.1. The van der Waals surface area contributed by atoms with Gasteiger partial charge in [0.05, 0.1) is 19.2 Å². The van der Waals surface area contributed by atoms with E-state index >= 15 is 0 Å². The molecular weight excluding hydrogens is 390 g/mol. The fourth-order valence-electron chi connectivity index (χ4n) is 2.23. The van der Waals surface area contributed by atoms with E-state index in [9.17, 15) is 4.79 Å². The van der Waals surface area contributed by atoms with E-state index in [-0.39, 0.29) is 12.5 Å². The van der Waals surface area contributed by atoms with Crippen molar-refractivity contribution in [1.29, 1.82) is 0 Å². The van der Waals surface area contributed by atoms with Crippen molar-refractivity contribution in [2.45, 2.75) is 0 Å². The summed E-state index contributed by atoms with van der Waals surface area (Å²) in [6, 6.07) is 12.3. The molecule has 3 aromatic rings. The van der Waals surface area contributed by atoms with E-state index in [4.69, 9.17) is 25.8 Å². The van der Waals surface area contributed by atoms with Crippen molar-refractivity contribution in [3.8, 4) is 28.6 Å². The molecule has 7 nitrogen and oxygen atoms in total. The number of methoxy groups -OCH3 is 2. The highest BCUT2D eigenvalue weighted by Crippen LogP contribution is 2.32. The quantitative estimate of drug-likeness (QED) is 0.642. The summed E-state index contributed by atoms with van der Waals surface area (Å²) in [4.78, 5) is 16.4. The van der Waals surface area contributed by atoms with Gasteiger partial charge in [0.1, 0.15) is 5.75 Å². The smallest absolute Gasteiger partial charge is 0.264 e. The van der Waals surface area contributed by atoms with Crippen molar-refractivity contribution in [1.82, 2.24) is 9.36 Å². The van der Waals surface area contributed by atoms with Crippen LogP contribution in [0.5, 0.6) is 17.2 Å². The summed E-state index contributed by atoms with van der Waals surface area (Å²) in [5.41, 5.74) is 0.747. The summed E-state index contributed by atoms with van der Waals surface area (Å²) in [6.45, 7) is -0.186. The van der Waals surface area contributed by atoms with Gasteiger partial charge in [-0.15, -0.1) is 0 Å². The molecule has 0 radical (unpaired) electrons. The molecule has 27 heavy (non-hydrogen) atoms. The third kappa shape index (κ3) is 4.66. The van der Waals surface area contributed by atoms with E-state index in [1.54, 1.807) is 50.6 Å². The highest BCUT2D eigenvalue weighted by atomic mass is 35.5. The van der Waals surface area contributed by atoms with Crippen molar-refractivity contribution in [3.63, 3.8) is 0 Å². The van der Waals surface area contributed by atoms with E-state index in [1.165, 1.54) is 0 Å². The van der Waals surface area contributed by atoms with E-state index in [0.717, 1.165) is 17.1 Å². The van der Waals surface area contributed by atoms with E-state index in [2.05, 4.69) is 14.7 Å². The zero-order valence-electron chi connectivity index (χ0n) is 14.6. The molecule has 0 fully saturated rings. The van der Waals surface area contributed by atoms with Gasteiger partial charge in [0.25, 0.3) is 5.91 Å². The number of halogens is 1. The number of ether oxygens (including phenoxy) is 3. The average molecular weight is 406 g/mol. The van der Waals surface area contributed by atoms with Gasteiger partial charge in [-0.1, -0.05) is 23.7 Å². The normalized spacial score (nSPS) is 10.3. The number of rotatable bonds is 7. The van der Waals surface area contributed by atoms with Crippen LogP contribution >= 0.6 is 23.1 Å². The molecule has 1 amide bonds. The standard InChI is InChI=1S/C18H16ClN3O4S/c1-24-14-8-7-11(9-15(14)25-2)17-21-18(27-22-17)20-16(23)10-26-13-6-4-3-5-12(13)19/h3-9H,10H2,1-2H3,(H,20,21,22,23). The van der Waals surface area contributed by atoms with Crippen LogP contribution in [0.3, 0.4) is 0 Å². The van der Waals surface area contributed by atoms with E-state index < -0.39 is 0 Å². The molecule has 0 aliphatic rings. The number of para-hydroxylation sites is 1. The summed E-state index contributed by atoms with van der Waals surface area (Å²) in [7, 11) is 3.12. The third-order valence-corrected chi connectivity index (χ3v) is 4.45. The molecule has 1 aromatic heterocycles. The van der Waals surface area contributed by atoms with Gasteiger partial charge in [-0.25, -0.2) is 0 Å². The minimum atomic E-state index is -0.357. The predicted molar refractivity (Wildman–Crippen MR) is 104 cm³/mol. The van der Waals surface area contributed by atoms with Crippen LogP contribution in [0, 0.1) is 0 Å². The van der Waals surface area contributed by atoms with Crippen molar-refractivity contribution < 1.29 is 19.0 Å². The SMILES string of the molecule is COc1ccc(-c2nsc(NC(=O)COc3ccccc3Cl)n2)cc1OC. The molecule has 0 bridgehead atoms. The molecule has 3 rings (SSSR count). The molecule has 0 unspecified atom stereocenters. The second-order valence-corrected chi connectivity index (χ2v) is 6.42. The van der Waals surface area contributed by atoms with Gasteiger partial charge in [-0.05, 0) is 30.3 Å². The zero-order chi connectivity index (χ0) is 19.2. The number of carbonyl (C=O) groups is 1. The number of hydrogen-bond donors (Lipinski definition) is 1. The minimum Gasteiger partial charge on any atom is -0.493 e. The Kier molecular flexibility index (Phi) is 6.10. The Morgan fingerprint density at radius 1 is 1.11 bits per heavy atom. The molecule has 1 N–H and O–H groups in total. The molecule has 0 atom stereocenters. The van der Waals surface area contributed by atoms with Gasteiger partial charge in [0.2, 0.25) is 5.13 Å². The molecule has 0 saturated heterocycles. The lowest BCUT2D eigenvalue weighted by Gasteiger charge is -2.08. The number of aromatic nitrogens is 2. The molecular formula is C18H16ClN3O4S. The van der Waals surface area contributed by atoms with Crippen LogP contribution in [-0.4, -0.2) is 36.1 Å². The monoisotopic (exact) mass is 405 g/mol. The first-order valence-electron chi connectivity index (χ1n) is 7.84. The minimum absolute atomic E-state index is 0.186. The van der Waals surface area contributed by atoms with Crippen LogP contribution in [-0.2, 0) is 4.79 Å². The molecule has 2 aromatic carbocycles. The Hall–Kier alpha value is -2.84. The maximum absolute atomic E-state index is 12.0. The summed E-state index contributed by atoms with van der Waals surface area (Å²) < 4.78 is 20.2. The number of hydrogen-bond acceptors (Lipinski definition) is 7. The Morgan fingerprint density at radius 2 is 1.89 bits per heavy atom. The molecule has 1 heterocycles. The van der Waals surface area contributed by atoms with Crippen LogP contribution in [0.1, 0.15) is 0 Å². The zero-order valence-corrected chi connectivity index (χ0v) is 16.1. The topological polar surface area (TPSA) is 82.6 Å². The Balaban J connectivity index is 1.64. The number of benzene rings is 2. The van der Waals surface area contributed by atoms with Gasteiger partial charge in [0, 0.05) is 17.1 Å². The van der Waals surface area contributed by atoms with E-state index in [1.807, 2.05) is 6.07 Å². The lowest BCUT2D eigenvalue weighted by molar-refractivity contribution is -0.118. The highest BCUT2D eigenvalue weighted by Gasteiger charge is 2.13. The first-order valence-corrected chi connectivity index (χ1v) is 8.99. The van der Waals surface area contributed by atoms with Crippen molar-refractivity contribution in [2.75, 3.05) is 26.1 Å². The fourth-order valence-corrected chi connectivity index (χ4v) is 3.02. The van der Waals surface area contributed by atoms with E-state index in [0.29, 0.717) is 33.2 Å². The number of carbonyl (C=O) groups excluding carboxylic acids is 1. The largest absolute Gasteiger partial charge is 0.493 e. The second-order valence-electron chi connectivity index (χ2n) is 5.26. The summed E-state index contributed by atoms with van der Waals surface area (Å²) >= 11 is 7.06. The van der Waals surface area contributed by atoms with Gasteiger partial charge in [-0.2, -0.15) is 9.36 Å². The molecule has 140 valence electrons. The fraction of sp³-hybridized carbons (Fsp3) is 0.167. The van der Waals surface area contributed by atoms with Crippen molar-refractivity contribution in [2.24, 2.45) is 0 Å². The number of anilines is 1. The molecule has 0 spiro atoms. The van der Waals surface area contributed by atoms with Gasteiger partial charge >= 0.3 is 0 Å². The molecule has 0 aliphatic carbocycles. The van der Waals surface area contributed by atoms with Crippen LogP contribution in [0.15, 0.2) is 42.5 Å². The van der Waals surface area contributed by atoms with Crippen LogP contribution in [0.25, 0.3) is 11.4 Å². The van der Waals surface area contributed by atoms with Crippen LogP contribution in [0.2, 0.25) is 5.02 Å². The lowest BCUT2D eigenvalue weighted by Crippen LogP contribution is -2.20. The number of nitrogens with zero attached hydrogens (tertiary/aromatic N) is 2. The maximum Gasteiger partial charge on any atom is 0.264 e. The Morgan fingerprint density at radius 3 is 2.63 bits per heavy atom. The number of amides is 1. The summed E-state index contributed by atoms with van der Waals surface area (Å²) in [6.07, 6.45) is 0. The molecule has 0 aliphatic heterocycles. The van der Waals surface area contributed by atoms with Crippen molar-refractivity contribution in [3.05, 3.63) is 47.5 Å². The first kappa shape index (κ1) is 18.9. The van der Waals surface area contributed by atoms with Gasteiger partial charge < -0.3 is 14.2 Å². The van der Waals surface area contributed by atoms with Gasteiger partial charge in [-0.3, -0.25) is 10.1 Å². The lowest BCUT2D eigenvalue weighted by atomic mass is 10.2. The van der Waals surface area contributed by atoms with Crippen LogP contribution < -0.4 is 19.5 Å². The maximum atomic E-state index is 12.0. The second kappa shape index (κ2) is 8.70. The van der Waals surface area contributed by atoms with Crippen LogP contribution in [0.4, 0.5) is 5.13 Å². The summed E-state index contributed by atoms with van der Waals surface area (Å²) in [5, 5.41) is 3.46. The third-order valence-electron chi connectivity index (χ3n) is 3.51. The molecule has 0 saturated carbocycles. The Labute approximate surface area is 165 Å². The highest BCUT2D eigenvalue weighted by molar-refractivity contribution is 7.10. The predicted octanol–water partition coefficient (Wildman–Crippen LogP) is 3.89. The average Bonchev–Trinajstić information content (AvgIpc) is 3.15. The molecule has 9 heteroatoms. The van der Waals surface area contributed by atoms with Crippen molar-refractivity contribution >= 4 is 34.2 Å². The Bertz CT molecular complexity index is 948.